The number of hydrogen-bond donors (Lipinski definition) is 2. The van der Waals surface area contributed by atoms with E-state index >= 15 is 0 Å². The van der Waals surface area contributed by atoms with E-state index in [9.17, 15) is 9.59 Å². The Morgan fingerprint density at radius 2 is 2.00 bits per heavy atom. The van der Waals surface area contributed by atoms with Gasteiger partial charge in [-0.15, -0.1) is 0 Å². The Balaban J connectivity index is 2.47. The van der Waals surface area contributed by atoms with E-state index in [0.717, 1.165) is 0 Å². The Hall–Kier alpha value is -1.10. The summed E-state index contributed by atoms with van der Waals surface area (Å²) in [5.41, 5.74) is -0.515. The van der Waals surface area contributed by atoms with Crippen LogP contribution < -0.4 is 5.32 Å². The highest BCUT2D eigenvalue weighted by molar-refractivity contribution is 5.78. The molecule has 1 unspecified atom stereocenters. The largest absolute Gasteiger partial charge is 0.480 e. The molecule has 5 heteroatoms. The highest BCUT2D eigenvalue weighted by Gasteiger charge is 2.35. The van der Waals surface area contributed by atoms with Gasteiger partial charge in [0.2, 0.25) is 0 Å². The summed E-state index contributed by atoms with van der Waals surface area (Å²) in [6.45, 7) is 5.76. The maximum absolute atomic E-state index is 11.6. The van der Waals surface area contributed by atoms with Gasteiger partial charge in [0.1, 0.15) is 11.6 Å². The second-order valence-electron chi connectivity index (χ2n) is 4.77. The molecule has 1 saturated heterocycles. The van der Waals surface area contributed by atoms with Crippen molar-refractivity contribution in [3.8, 4) is 0 Å². The molecule has 0 spiro atoms. The summed E-state index contributed by atoms with van der Waals surface area (Å²) >= 11 is 0. The Morgan fingerprint density at radius 3 is 2.40 bits per heavy atom. The molecule has 5 nitrogen and oxygen atoms in total. The molecule has 86 valence electrons. The van der Waals surface area contributed by atoms with Crippen molar-refractivity contribution in [2.24, 2.45) is 5.92 Å². The topological polar surface area (TPSA) is 75.6 Å². The number of carboxylic acids is 1. The first kappa shape index (κ1) is 12.0. The Labute approximate surface area is 88.8 Å². The van der Waals surface area contributed by atoms with Gasteiger partial charge in [-0.3, -0.25) is 9.59 Å². The molecule has 2 atom stereocenters. The Kier molecular flexibility index (Phi) is 3.34. The van der Waals surface area contributed by atoms with E-state index in [2.05, 4.69) is 5.32 Å². The predicted molar refractivity (Wildman–Crippen MR) is 53.4 cm³/mol. The first-order valence-electron chi connectivity index (χ1n) is 4.98. The molecule has 0 radical (unpaired) electrons. The quantitative estimate of drug-likeness (QED) is 0.652. The van der Waals surface area contributed by atoms with Crippen LogP contribution in [-0.4, -0.2) is 35.2 Å². The number of carbonyl (C=O) groups excluding carboxylic acids is 1. The zero-order chi connectivity index (χ0) is 11.6. The third kappa shape index (κ3) is 3.51. The van der Waals surface area contributed by atoms with Gasteiger partial charge in [-0.05, 0) is 27.2 Å². The fraction of sp³-hybridized carbons (Fsp3) is 0.800. The van der Waals surface area contributed by atoms with Crippen LogP contribution in [0.2, 0.25) is 0 Å². The van der Waals surface area contributed by atoms with Gasteiger partial charge < -0.3 is 15.2 Å². The van der Waals surface area contributed by atoms with E-state index in [0.29, 0.717) is 13.0 Å². The molecule has 1 fully saturated rings. The lowest BCUT2D eigenvalue weighted by Crippen LogP contribution is -2.30. The second kappa shape index (κ2) is 4.18. The summed E-state index contributed by atoms with van der Waals surface area (Å²) in [6.07, 6.45) is 0.310. The molecule has 0 saturated carbocycles. The average Bonchev–Trinajstić information content (AvgIpc) is 2.47. The molecule has 1 aliphatic heterocycles. The summed E-state index contributed by atoms with van der Waals surface area (Å²) in [4.78, 5) is 22.2. The first-order chi connectivity index (χ1) is 6.79. The van der Waals surface area contributed by atoms with E-state index in [1.54, 1.807) is 20.8 Å². The standard InChI is InChI=1S/C10H17NO4/c1-10(2,3)15-9(14)6-4-7(8(12)13)11-5-6/h6-7,11H,4-5H2,1-3H3,(H,12,13)/t6?,7-/m0/s1. The summed E-state index contributed by atoms with van der Waals surface area (Å²) in [6, 6.07) is -0.623. The van der Waals surface area contributed by atoms with Gasteiger partial charge in [0.25, 0.3) is 0 Å². The van der Waals surface area contributed by atoms with Crippen molar-refractivity contribution in [2.75, 3.05) is 6.54 Å². The number of esters is 1. The van der Waals surface area contributed by atoms with Crippen LogP contribution >= 0.6 is 0 Å². The lowest BCUT2D eigenvalue weighted by molar-refractivity contribution is -0.159. The van der Waals surface area contributed by atoms with Crippen LogP contribution in [0, 0.1) is 5.92 Å². The van der Waals surface area contributed by atoms with Crippen molar-refractivity contribution in [3.05, 3.63) is 0 Å². The SMILES string of the molecule is CC(C)(C)OC(=O)C1CN[C@H](C(=O)O)C1. The molecule has 1 rings (SSSR count). The van der Waals surface area contributed by atoms with Crippen molar-refractivity contribution in [1.82, 2.24) is 5.32 Å². The molecule has 0 bridgehead atoms. The molecule has 15 heavy (non-hydrogen) atoms. The highest BCUT2D eigenvalue weighted by atomic mass is 16.6. The van der Waals surface area contributed by atoms with Gasteiger partial charge in [0, 0.05) is 6.54 Å². The monoisotopic (exact) mass is 215 g/mol. The molecular weight excluding hydrogens is 198 g/mol. The van der Waals surface area contributed by atoms with E-state index < -0.39 is 17.6 Å². The molecule has 1 aliphatic rings. The fourth-order valence-corrected chi connectivity index (χ4v) is 1.49. The maximum Gasteiger partial charge on any atom is 0.320 e. The number of hydrogen-bond acceptors (Lipinski definition) is 4. The minimum Gasteiger partial charge on any atom is -0.480 e. The minimum atomic E-state index is -0.916. The number of carbonyl (C=O) groups is 2. The normalized spacial score (nSPS) is 26.3. The maximum atomic E-state index is 11.6. The lowest BCUT2D eigenvalue weighted by atomic mass is 10.1. The summed E-state index contributed by atoms with van der Waals surface area (Å²) in [5.74, 6) is -1.58. The van der Waals surface area contributed by atoms with Crippen molar-refractivity contribution in [2.45, 2.75) is 38.8 Å². The van der Waals surface area contributed by atoms with E-state index in [1.807, 2.05) is 0 Å². The summed E-state index contributed by atoms with van der Waals surface area (Å²) in [5, 5.41) is 11.5. The number of ether oxygens (including phenoxy) is 1. The molecule has 2 N–H and O–H groups in total. The van der Waals surface area contributed by atoms with Crippen LogP contribution in [0.3, 0.4) is 0 Å². The van der Waals surface area contributed by atoms with Crippen LogP contribution in [-0.2, 0) is 14.3 Å². The highest BCUT2D eigenvalue weighted by Crippen LogP contribution is 2.19. The van der Waals surface area contributed by atoms with Gasteiger partial charge in [-0.2, -0.15) is 0 Å². The number of nitrogens with one attached hydrogen (secondary N) is 1. The number of aliphatic carboxylic acids is 1. The molecule has 0 aromatic carbocycles. The van der Waals surface area contributed by atoms with Crippen molar-refractivity contribution < 1.29 is 19.4 Å². The third-order valence-electron chi connectivity index (χ3n) is 2.17. The zero-order valence-electron chi connectivity index (χ0n) is 9.24. The molecule has 1 heterocycles. The third-order valence-corrected chi connectivity index (χ3v) is 2.17. The van der Waals surface area contributed by atoms with Crippen LogP contribution in [0.1, 0.15) is 27.2 Å². The van der Waals surface area contributed by atoms with Crippen molar-refractivity contribution >= 4 is 11.9 Å². The number of rotatable bonds is 2. The van der Waals surface area contributed by atoms with Crippen LogP contribution in [0.25, 0.3) is 0 Å². The van der Waals surface area contributed by atoms with Crippen LogP contribution in [0.5, 0.6) is 0 Å². The van der Waals surface area contributed by atoms with Crippen molar-refractivity contribution in [1.29, 1.82) is 0 Å². The Bertz CT molecular complexity index is 269. The average molecular weight is 215 g/mol. The molecule has 0 amide bonds. The summed E-state index contributed by atoms with van der Waals surface area (Å²) in [7, 11) is 0. The molecular formula is C10H17NO4. The Morgan fingerprint density at radius 1 is 1.40 bits per heavy atom. The zero-order valence-corrected chi connectivity index (χ0v) is 9.24. The second-order valence-corrected chi connectivity index (χ2v) is 4.77. The lowest BCUT2D eigenvalue weighted by Gasteiger charge is -2.21. The van der Waals surface area contributed by atoms with Gasteiger partial charge in [0.05, 0.1) is 5.92 Å². The molecule has 0 aromatic rings. The van der Waals surface area contributed by atoms with Gasteiger partial charge in [0.15, 0.2) is 0 Å². The fourth-order valence-electron chi connectivity index (χ4n) is 1.49. The molecule has 0 aliphatic carbocycles. The predicted octanol–water partition coefficient (Wildman–Crippen LogP) is 0.391. The van der Waals surface area contributed by atoms with Gasteiger partial charge in [-0.1, -0.05) is 0 Å². The molecule has 0 aromatic heterocycles. The summed E-state index contributed by atoms with van der Waals surface area (Å²) < 4.78 is 5.18. The van der Waals surface area contributed by atoms with Gasteiger partial charge >= 0.3 is 11.9 Å². The first-order valence-corrected chi connectivity index (χ1v) is 4.98. The van der Waals surface area contributed by atoms with Crippen LogP contribution in [0.4, 0.5) is 0 Å². The van der Waals surface area contributed by atoms with E-state index in [4.69, 9.17) is 9.84 Å². The van der Waals surface area contributed by atoms with Crippen molar-refractivity contribution in [3.63, 3.8) is 0 Å². The smallest absolute Gasteiger partial charge is 0.320 e. The number of carboxylic acid groups (broad SMARTS) is 1. The van der Waals surface area contributed by atoms with E-state index in [-0.39, 0.29) is 11.9 Å². The van der Waals surface area contributed by atoms with Crippen LogP contribution in [0.15, 0.2) is 0 Å². The van der Waals surface area contributed by atoms with E-state index in [1.165, 1.54) is 0 Å². The minimum absolute atomic E-state index is 0.310. The van der Waals surface area contributed by atoms with Gasteiger partial charge in [-0.25, -0.2) is 0 Å².